The third-order valence-electron chi connectivity index (χ3n) is 4.99. The largest absolute Gasteiger partial charge is 0.379 e. The third kappa shape index (κ3) is 3.94. The van der Waals surface area contributed by atoms with E-state index in [9.17, 15) is 4.79 Å². The number of ether oxygens (including phenoxy) is 1. The summed E-state index contributed by atoms with van der Waals surface area (Å²) in [5, 5.41) is 5.00. The highest BCUT2D eigenvalue weighted by Gasteiger charge is 2.25. The van der Waals surface area contributed by atoms with E-state index in [0.29, 0.717) is 18.8 Å². The summed E-state index contributed by atoms with van der Waals surface area (Å²) in [5.41, 5.74) is 2.72. The summed E-state index contributed by atoms with van der Waals surface area (Å²) < 4.78 is 8.27. The molecule has 0 saturated carbocycles. The minimum atomic E-state index is -0.0524. The summed E-state index contributed by atoms with van der Waals surface area (Å²) in [4.78, 5) is 22.3. The Hall–Kier alpha value is -2.29. The van der Waals surface area contributed by atoms with E-state index in [1.807, 2.05) is 13.0 Å². The molecule has 1 aliphatic rings. The molecule has 1 amide bonds. The fraction of sp³-hybridized carbons (Fsp3) is 0.450. The van der Waals surface area contributed by atoms with Crippen LogP contribution in [0.3, 0.4) is 0 Å². The topological polar surface area (TPSA) is 63.5 Å². The second-order valence-corrected chi connectivity index (χ2v) is 7.92. The van der Waals surface area contributed by atoms with E-state index in [0.717, 1.165) is 48.2 Å². The van der Waals surface area contributed by atoms with E-state index in [1.54, 1.807) is 33.2 Å². The van der Waals surface area contributed by atoms with Crippen molar-refractivity contribution in [2.24, 2.45) is 0 Å². The lowest BCUT2D eigenvalue weighted by molar-refractivity contribution is 0.0391. The summed E-state index contributed by atoms with van der Waals surface area (Å²) >= 11 is 1.57. The highest BCUT2D eigenvalue weighted by molar-refractivity contribution is 7.22. The zero-order valence-corrected chi connectivity index (χ0v) is 17.1. The van der Waals surface area contributed by atoms with Gasteiger partial charge in [-0.05, 0) is 37.6 Å². The smallest absolute Gasteiger partial charge is 0.278 e. The van der Waals surface area contributed by atoms with Gasteiger partial charge in [-0.3, -0.25) is 19.3 Å². The molecule has 148 valence electrons. The van der Waals surface area contributed by atoms with Crippen LogP contribution in [0.2, 0.25) is 0 Å². The number of aryl methyl sites for hydroxylation is 2. The third-order valence-corrected chi connectivity index (χ3v) is 6.03. The lowest BCUT2D eigenvalue weighted by atomic mass is 10.2. The monoisotopic (exact) mass is 399 g/mol. The number of rotatable bonds is 6. The van der Waals surface area contributed by atoms with Gasteiger partial charge in [0, 0.05) is 38.9 Å². The Bertz CT molecular complexity index is 961. The van der Waals surface area contributed by atoms with Crippen LogP contribution in [0, 0.1) is 6.92 Å². The predicted octanol–water partition coefficient (Wildman–Crippen LogP) is 2.80. The molecule has 1 aliphatic heterocycles. The lowest BCUT2D eigenvalue weighted by Gasteiger charge is -2.29. The first kappa shape index (κ1) is 19.0. The number of hydrogen-bond acceptors (Lipinski definition) is 6. The molecule has 1 fully saturated rings. The minimum Gasteiger partial charge on any atom is -0.379 e. The van der Waals surface area contributed by atoms with Gasteiger partial charge in [0.2, 0.25) is 0 Å². The molecule has 1 aromatic carbocycles. The molecule has 0 radical (unpaired) electrons. The molecule has 8 heteroatoms. The van der Waals surface area contributed by atoms with Crippen molar-refractivity contribution >= 4 is 32.6 Å². The average Bonchev–Trinajstić information content (AvgIpc) is 3.35. The van der Waals surface area contributed by atoms with Gasteiger partial charge in [-0.1, -0.05) is 17.4 Å². The summed E-state index contributed by atoms with van der Waals surface area (Å²) in [6.45, 7) is 9.39. The summed E-state index contributed by atoms with van der Waals surface area (Å²) in [5.74, 6) is -0.0524. The van der Waals surface area contributed by atoms with E-state index in [4.69, 9.17) is 9.72 Å². The highest BCUT2D eigenvalue weighted by atomic mass is 32.1. The standard InChI is InChI=1S/C20H25N5O2S/c1-3-25-17(6-7-21-25)19(26)24(9-8-23-10-12-27-13-11-23)20-22-16-5-4-15(2)14-18(16)28-20/h4-7,14H,3,8-13H2,1-2H3. The molecule has 0 atom stereocenters. The molecular formula is C20H25N5O2S. The highest BCUT2D eigenvalue weighted by Crippen LogP contribution is 2.30. The van der Waals surface area contributed by atoms with Gasteiger partial charge in [-0.2, -0.15) is 5.10 Å². The van der Waals surface area contributed by atoms with Crippen LogP contribution in [-0.2, 0) is 11.3 Å². The molecule has 0 aliphatic carbocycles. The van der Waals surface area contributed by atoms with Crippen molar-refractivity contribution in [2.75, 3.05) is 44.3 Å². The van der Waals surface area contributed by atoms with Gasteiger partial charge in [-0.15, -0.1) is 0 Å². The molecule has 0 spiro atoms. The molecule has 4 rings (SSSR count). The van der Waals surface area contributed by atoms with E-state index >= 15 is 0 Å². The van der Waals surface area contributed by atoms with Gasteiger partial charge in [0.25, 0.3) is 5.91 Å². The number of thiazole rings is 1. The summed E-state index contributed by atoms with van der Waals surface area (Å²) in [6, 6.07) is 7.98. The number of carbonyl (C=O) groups excluding carboxylic acids is 1. The van der Waals surface area contributed by atoms with Crippen LogP contribution in [0.25, 0.3) is 10.2 Å². The number of aromatic nitrogens is 3. The molecule has 0 bridgehead atoms. The Balaban J connectivity index is 1.64. The molecule has 0 unspecified atom stereocenters. The number of amides is 1. The number of benzene rings is 1. The molecule has 2 aromatic heterocycles. The van der Waals surface area contributed by atoms with Gasteiger partial charge in [0.1, 0.15) is 5.69 Å². The van der Waals surface area contributed by atoms with Gasteiger partial charge in [0.15, 0.2) is 5.13 Å². The van der Waals surface area contributed by atoms with Crippen LogP contribution >= 0.6 is 11.3 Å². The number of nitrogens with zero attached hydrogens (tertiary/aromatic N) is 5. The van der Waals surface area contributed by atoms with Crippen molar-refractivity contribution in [1.29, 1.82) is 0 Å². The Labute approximate surface area is 168 Å². The number of fused-ring (bicyclic) bond motifs is 1. The second-order valence-electron chi connectivity index (χ2n) is 6.91. The van der Waals surface area contributed by atoms with Gasteiger partial charge < -0.3 is 4.74 Å². The second kappa shape index (κ2) is 8.38. The Morgan fingerprint density at radius 1 is 1.29 bits per heavy atom. The maximum Gasteiger partial charge on any atom is 0.278 e. The van der Waals surface area contributed by atoms with Crippen LogP contribution < -0.4 is 4.90 Å². The zero-order valence-electron chi connectivity index (χ0n) is 16.3. The van der Waals surface area contributed by atoms with E-state index in [2.05, 4.69) is 29.1 Å². The summed E-state index contributed by atoms with van der Waals surface area (Å²) in [7, 11) is 0. The summed E-state index contributed by atoms with van der Waals surface area (Å²) in [6.07, 6.45) is 1.68. The van der Waals surface area contributed by atoms with Crippen molar-refractivity contribution in [3.05, 3.63) is 41.7 Å². The van der Waals surface area contributed by atoms with Crippen LogP contribution in [0.4, 0.5) is 5.13 Å². The van der Waals surface area contributed by atoms with Crippen LogP contribution in [0.5, 0.6) is 0 Å². The van der Waals surface area contributed by atoms with Crippen molar-refractivity contribution in [3.8, 4) is 0 Å². The molecular weight excluding hydrogens is 374 g/mol. The maximum atomic E-state index is 13.4. The van der Waals surface area contributed by atoms with Crippen molar-refractivity contribution in [1.82, 2.24) is 19.7 Å². The molecule has 0 N–H and O–H groups in total. The van der Waals surface area contributed by atoms with Gasteiger partial charge in [-0.25, -0.2) is 4.98 Å². The van der Waals surface area contributed by atoms with Gasteiger partial charge in [0.05, 0.1) is 23.4 Å². The van der Waals surface area contributed by atoms with Crippen molar-refractivity contribution in [3.63, 3.8) is 0 Å². The van der Waals surface area contributed by atoms with E-state index in [-0.39, 0.29) is 5.91 Å². The Morgan fingerprint density at radius 3 is 2.89 bits per heavy atom. The van der Waals surface area contributed by atoms with E-state index < -0.39 is 0 Å². The minimum absolute atomic E-state index is 0.0524. The molecule has 7 nitrogen and oxygen atoms in total. The first-order valence-electron chi connectivity index (χ1n) is 9.66. The van der Waals surface area contributed by atoms with E-state index in [1.165, 1.54) is 5.56 Å². The SMILES string of the molecule is CCn1nccc1C(=O)N(CCN1CCOCC1)c1nc2ccc(C)cc2s1. The van der Waals surface area contributed by atoms with Crippen LogP contribution in [0.15, 0.2) is 30.5 Å². The quantitative estimate of drug-likeness (QED) is 0.638. The fourth-order valence-corrected chi connectivity index (χ4v) is 4.48. The molecule has 3 heterocycles. The van der Waals surface area contributed by atoms with Gasteiger partial charge >= 0.3 is 0 Å². The average molecular weight is 400 g/mol. The van der Waals surface area contributed by atoms with Crippen LogP contribution in [-0.4, -0.2) is 65.0 Å². The van der Waals surface area contributed by atoms with Crippen molar-refractivity contribution in [2.45, 2.75) is 20.4 Å². The predicted molar refractivity (Wildman–Crippen MR) is 111 cm³/mol. The number of hydrogen-bond donors (Lipinski definition) is 0. The number of carbonyl (C=O) groups is 1. The first-order chi connectivity index (χ1) is 13.7. The normalized spacial score (nSPS) is 15.2. The maximum absolute atomic E-state index is 13.4. The lowest BCUT2D eigenvalue weighted by Crippen LogP contribution is -2.43. The fourth-order valence-electron chi connectivity index (χ4n) is 3.39. The Morgan fingerprint density at radius 2 is 2.11 bits per heavy atom. The first-order valence-corrected chi connectivity index (χ1v) is 10.5. The Kier molecular flexibility index (Phi) is 5.70. The number of anilines is 1. The molecule has 28 heavy (non-hydrogen) atoms. The number of morpholine rings is 1. The molecule has 3 aromatic rings. The zero-order chi connectivity index (χ0) is 19.5. The van der Waals surface area contributed by atoms with Crippen LogP contribution in [0.1, 0.15) is 23.0 Å². The molecule has 1 saturated heterocycles. The van der Waals surface area contributed by atoms with Crippen molar-refractivity contribution < 1.29 is 9.53 Å².